The van der Waals surface area contributed by atoms with Gasteiger partial charge in [-0.25, -0.2) is 15.0 Å². The van der Waals surface area contributed by atoms with Gasteiger partial charge in [0.05, 0.1) is 23.3 Å². The van der Waals surface area contributed by atoms with Gasteiger partial charge in [0, 0.05) is 32.0 Å². The summed E-state index contributed by atoms with van der Waals surface area (Å²) in [5, 5.41) is 0. The monoisotopic (exact) mass is 346 g/mol. The van der Waals surface area contributed by atoms with Crippen molar-refractivity contribution in [3.63, 3.8) is 0 Å². The molecule has 2 aromatic heterocycles. The van der Waals surface area contributed by atoms with Crippen LogP contribution in [0.5, 0.6) is 0 Å². The number of para-hydroxylation sites is 2. The summed E-state index contributed by atoms with van der Waals surface area (Å²) in [6.45, 7) is 5.04. The van der Waals surface area contributed by atoms with Crippen molar-refractivity contribution in [3.8, 4) is 0 Å². The first-order chi connectivity index (χ1) is 12.8. The highest BCUT2D eigenvalue weighted by atomic mass is 15.3. The Bertz CT molecular complexity index is 925. The highest BCUT2D eigenvalue weighted by Gasteiger charge is 2.39. The van der Waals surface area contributed by atoms with Crippen molar-refractivity contribution in [3.05, 3.63) is 48.4 Å². The Labute approximate surface area is 152 Å². The summed E-state index contributed by atoms with van der Waals surface area (Å²) < 4.78 is 0. The third kappa shape index (κ3) is 2.66. The molecular weight excluding hydrogens is 324 g/mol. The van der Waals surface area contributed by atoms with Crippen molar-refractivity contribution in [2.75, 3.05) is 29.4 Å². The fourth-order valence-corrected chi connectivity index (χ4v) is 4.24. The van der Waals surface area contributed by atoms with Crippen molar-refractivity contribution in [1.29, 1.82) is 0 Å². The molecule has 5 rings (SSSR count). The van der Waals surface area contributed by atoms with Gasteiger partial charge in [-0.1, -0.05) is 12.1 Å². The first-order valence-corrected chi connectivity index (χ1v) is 9.30. The fraction of sp³-hybridized carbons (Fsp3) is 0.400. The van der Waals surface area contributed by atoms with Gasteiger partial charge in [0.15, 0.2) is 0 Å². The van der Waals surface area contributed by atoms with Gasteiger partial charge >= 0.3 is 0 Å². The average molecular weight is 346 g/mol. The first kappa shape index (κ1) is 15.5. The number of aromatic nitrogens is 4. The second kappa shape index (κ2) is 6.20. The number of anilines is 2. The molecule has 26 heavy (non-hydrogen) atoms. The molecule has 0 radical (unpaired) electrons. The number of aryl methyl sites for hydroxylation is 1. The van der Waals surface area contributed by atoms with Gasteiger partial charge in [-0.15, -0.1) is 0 Å². The maximum atomic E-state index is 4.87. The van der Waals surface area contributed by atoms with Gasteiger partial charge in [0.25, 0.3) is 0 Å². The Kier molecular flexibility index (Phi) is 3.69. The minimum atomic E-state index is 0.448. The number of hydrogen-bond acceptors (Lipinski definition) is 6. The summed E-state index contributed by atoms with van der Waals surface area (Å²) in [6.07, 6.45) is 8.12. The lowest BCUT2D eigenvalue weighted by molar-refractivity contribution is 0.387. The zero-order valence-electron chi connectivity index (χ0n) is 14.9. The molecule has 0 amide bonds. The van der Waals surface area contributed by atoms with Gasteiger partial charge in [-0.2, -0.15) is 0 Å². The van der Waals surface area contributed by atoms with E-state index in [1.807, 2.05) is 49.8 Å². The third-order valence-corrected chi connectivity index (χ3v) is 5.64. The molecule has 2 unspecified atom stereocenters. The molecule has 0 bridgehead atoms. The maximum Gasteiger partial charge on any atom is 0.225 e. The van der Waals surface area contributed by atoms with Gasteiger partial charge < -0.3 is 9.80 Å². The van der Waals surface area contributed by atoms with E-state index in [1.54, 1.807) is 0 Å². The van der Waals surface area contributed by atoms with E-state index in [0.717, 1.165) is 48.0 Å². The summed E-state index contributed by atoms with van der Waals surface area (Å²) in [5.74, 6) is 2.54. The van der Waals surface area contributed by atoms with E-state index in [4.69, 9.17) is 4.98 Å². The lowest BCUT2D eigenvalue weighted by Gasteiger charge is -2.38. The van der Waals surface area contributed by atoms with Crippen LogP contribution in [0.25, 0.3) is 11.0 Å². The Morgan fingerprint density at radius 3 is 2.54 bits per heavy atom. The predicted molar refractivity (Wildman–Crippen MR) is 102 cm³/mol. The number of fused-ring (bicyclic) bond motifs is 2. The molecule has 0 spiro atoms. The topological polar surface area (TPSA) is 58.0 Å². The summed E-state index contributed by atoms with van der Waals surface area (Å²) in [5.41, 5.74) is 3.01. The van der Waals surface area contributed by atoms with Crippen molar-refractivity contribution in [2.45, 2.75) is 25.8 Å². The van der Waals surface area contributed by atoms with E-state index in [1.165, 1.54) is 12.8 Å². The molecule has 1 aromatic carbocycles. The van der Waals surface area contributed by atoms with Crippen molar-refractivity contribution in [2.24, 2.45) is 5.92 Å². The molecule has 3 aromatic rings. The number of hydrogen-bond donors (Lipinski definition) is 0. The number of rotatable bonds is 2. The Hall–Kier alpha value is -2.76. The van der Waals surface area contributed by atoms with Crippen LogP contribution in [0.2, 0.25) is 0 Å². The van der Waals surface area contributed by atoms with E-state index in [-0.39, 0.29) is 0 Å². The normalized spacial score (nSPS) is 22.7. The quantitative estimate of drug-likeness (QED) is 0.711. The van der Waals surface area contributed by atoms with Crippen LogP contribution < -0.4 is 9.80 Å². The lowest BCUT2D eigenvalue weighted by atomic mass is 9.92. The number of piperidine rings is 1. The van der Waals surface area contributed by atoms with Gasteiger partial charge in [-0.05, 0) is 43.4 Å². The second-order valence-corrected chi connectivity index (χ2v) is 7.32. The summed E-state index contributed by atoms with van der Waals surface area (Å²) >= 11 is 0. The van der Waals surface area contributed by atoms with Crippen LogP contribution >= 0.6 is 0 Å². The first-order valence-electron chi connectivity index (χ1n) is 9.30. The van der Waals surface area contributed by atoms with Crippen LogP contribution in [-0.2, 0) is 0 Å². The number of benzene rings is 1. The molecule has 0 saturated carbocycles. The zero-order valence-corrected chi connectivity index (χ0v) is 14.9. The zero-order chi connectivity index (χ0) is 17.5. The second-order valence-electron chi connectivity index (χ2n) is 7.32. The van der Waals surface area contributed by atoms with E-state index >= 15 is 0 Å². The highest BCUT2D eigenvalue weighted by Crippen LogP contribution is 2.35. The number of nitrogens with zero attached hydrogens (tertiary/aromatic N) is 6. The van der Waals surface area contributed by atoms with Crippen molar-refractivity contribution >= 4 is 22.8 Å². The predicted octanol–water partition coefficient (Wildman–Crippen LogP) is 2.83. The molecule has 132 valence electrons. The van der Waals surface area contributed by atoms with Crippen LogP contribution in [0.3, 0.4) is 0 Å². The van der Waals surface area contributed by atoms with E-state index < -0.39 is 0 Å². The average Bonchev–Trinajstić information content (AvgIpc) is 3.11. The third-order valence-electron chi connectivity index (χ3n) is 5.64. The molecule has 4 heterocycles. The van der Waals surface area contributed by atoms with Gasteiger partial charge in [0.2, 0.25) is 5.95 Å². The van der Waals surface area contributed by atoms with E-state index in [2.05, 4.69) is 24.8 Å². The van der Waals surface area contributed by atoms with E-state index in [0.29, 0.717) is 12.0 Å². The largest absolute Gasteiger partial charge is 0.350 e. The highest BCUT2D eigenvalue weighted by molar-refractivity contribution is 5.75. The van der Waals surface area contributed by atoms with Gasteiger partial charge in [0.1, 0.15) is 5.82 Å². The van der Waals surface area contributed by atoms with E-state index in [9.17, 15) is 0 Å². The molecule has 0 N–H and O–H groups in total. The molecule has 0 aliphatic carbocycles. The fourth-order valence-electron chi connectivity index (χ4n) is 4.24. The smallest absolute Gasteiger partial charge is 0.225 e. The van der Waals surface area contributed by atoms with Crippen LogP contribution in [0.1, 0.15) is 18.4 Å². The Morgan fingerprint density at radius 2 is 1.69 bits per heavy atom. The molecule has 2 atom stereocenters. The molecule has 2 aliphatic rings. The maximum absolute atomic E-state index is 4.87. The molecule has 6 nitrogen and oxygen atoms in total. The van der Waals surface area contributed by atoms with Crippen LogP contribution in [-0.4, -0.2) is 45.6 Å². The molecule has 2 fully saturated rings. The minimum Gasteiger partial charge on any atom is -0.350 e. The lowest BCUT2D eigenvalue weighted by Crippen LogP contribution is -2.49. The molecule has 2 aliphatic heterocycles. The SMILES string of the molecule is Cc1cnc(N2CCC3CCN(c4cnc5ccccc5n4)C3C2)nc1. The Morgan fingerprint density at radius 1 is 0.923 bits per heavy atom. The Balaban J connectivity index is 1.42. The van der Waals surface area contributed by atoms with Crippen LogP contribution in [0, 0.1) is 12.8 Å². The minimum absolute atomic E-state index is 0.448. The molecule has 6 heteroatoms. The van der Waals surface area contributed by atoms with Crippen LogP contribution in [0.4, 0.5) is 11.8 Å². The standard InChI is InChI=1S/C20H22N6/c1-14-10-22-20(23-11-14)25-8-6-15-7-9-26(18(15)13-25)19-12-21-16-4-2-3-5-17(16)24-19/h2-5,10-12,15,18H,6-9,13H2,1H3. The summed E-state index contributed by atoms with van der Waals surface area (Å²) in [4.78, 5) is 23.3. The summed E-state index contributed by atoms with van der Waals surface area (Å²) in [7, 11) is 0. The molecule has 2 saturated heterocycles. The summed E-state index contributed by atoms with van der Waals surface area (Å²) in [6, 6.07) is 8.51. The van der Waals surface area contributed by atoms with Crippen molar-refractivity contribution in [1.82, 2.24) is 19.9 Å². The van der Waals surface area contributed by atoms with Crippen LogP contribution in [0.15, 0.2) is 42.9 Å². The van der Waals surface area contributed by atoms with Gasteiger partial charge in [-0.3, -0.25) is 4.98 Å². The molecular formula is C20H22N6. The van der Waals surface area contributed by atoms with Crippen molar-refractivity contribution < 1.29 is 0 Å².